The first-order chi connectivity index (χ1) is 5.88. The highest BCUT2D eigenvalue weighted by atomic mass is 35.5. The SMILES string of the molecule is Cc1ccc(Cl)c(OP(C)(=O)[O-])c1. The van der Waals surface area contributed by atoms with E-state index in [1.54, 1.807) is 18.2 Å². The van der Waals surface area contributed by atoms with Crippen molar-refractivity contribution in [3.05, 3.63) is 28.8 Å². The predicted octanol–water partition coefficient (Wildman–Crippen LogP) is 2.21. The highest BCUT2D eigenvalue weighted by Gasteiger charge is 2.06. The van der Waals surface area contributed by atoms with Gasteiger partial charge in [0.15, 0.2) is 7.60 Å². The first-order valence-electron chi connectivity index (χ1n) is 3.63. The topological polar surface area (TPSA) is 49.4 Å². The summed E-state index contributed by atoms with van der Waals surface area (Å²) < 4.78 is 15.5. The zero-order valence-electron chi connectivity index (χ0n) is 7.28. The molecule has 5 heteroatoms. The van der Waals surface area contributed by atoms with Gasteiger partial charge in [-0.15, -0.1) is 0 Å². The molecule has 0 bridgehead atoms. The maximum atomic E-state index is 10.8. The molecule has 0 aromatic heterocycles. The number of aryl methyl sites for hydroxylation is 1. The standard InChI is InChI=1S/C8H10ClO3P/c1-6-3-4-7(9)8(5-6)12-13(2,10)11/h3-5H,1-2H3,(H,10,11)/p-1. The van der Waals surface area contributed by atoms with Crippen molar-refractivity contribution in [3.63, 3.8) is 0 Å². The molecule has 0 amide bonds. The van der Waals surface area contributed by atoms with Gasteiger partial charge in [-0.25, -0.2) is 0 Å². The molecule has 0 saturated carbocycles. The van der Waals surface area contributed by atoms with Crippen molar-refractivity contribution in [1.29, 1.82) is 0 Å². The first-order valence-corrected chi connectivity index (χ1v) is 5.99. The predicted molar refractivity (Wildman–Crippen MR) is 50.3 cm³/mol. The molecule has 0 aliphatic carbocycles. The third-order valence-corrected chi connectivity index (χ3v) is 2.19. The number of hydrogen-bond donors (Lipinski definition) is 0. The summed E-state index contributed by atoms with van der Waals surface area (Å²) in [5.74, 6) is 0.183. The van der Waals surface area contributed by atoms with E-state index >= 15 is 0 Å². The maximum absolute atomic E-state index is 10.8. The summed E-state index contributed by atoms with van der Waals surface area (Å²) in [5.41, 5.74) is 0.896. The summed E-state index contributed by atoms with van der Waals surface area (Å²) >= 11 is 5.72. The monoisotopic (exact) mass is 219 g/mol. The second kappa shape index (κ2) is 3.70. The van der Waals surface area contributed by atoms with Crippen LogP contribution in [0.25, 0.3) is 0 Å². The Hall–Kier alpha value is -0.500. The van der Waals surface area contributed by atoms with Crippen LogP contribution in [-0.4, -0.2) is 6.66 Å². The lowest BCUT2D eigenvalue weighted by Crippen LogP contribution is -2.05. The van der Waals surface area contributed by atoms with Gasteiger partial charge in [0.1, 0.15) is 5.75 Å². The minimum absolute atomic E-state index is 0.183. The Morgan fingerprint density at radius 1 is 1.54 bits per heavy atom. The van der Waals surface area contributed by atoms with Gasteiger partial charge in [0, 0.05) is 6.66 Å². The molecule has 1 unspecified atom stereocenters. The molecule has 0 aliphatic heterocycles. The van der Waals surface area contributed by atoms with E-state index in [2.05, 4.69) is 4.52 Å². The van der Waals surface area contributed by atoms with Crippen molar-refractivity contribution in [2.45, 2.75) is 6.92 Å². The summed E-state index contributed by atoms with van der Waals surface area (Å²) in [6.07, 6.45) is 0. The van der Waals surface area contributed by atoms with Gasteiger partial charge in [-0.2, -0.15) is 0 Å². The summed E-state index contributed by atoms with van der Waals surface area (Å²) in [7, 11) is -3.77. The van der Waals surface area contributed by atoms with E-state index in [9.17, 15) is 9.46 Å². The molecule has 0 spiro atoms. The van der Waals surface area contributed by atoms with Gasteiger partial charge in [0.2, 0.25) is 0 Å². The lowest BCUT2D eigenvalue weighted by atomic mass is 10.2. The van der Waals surface area contributed by atoms with Crippen LogP contribution in [0.1, 0.15) is 5.56 Å². The smallest absolute Gasteiger partial charge is 0.181 e. The van der Waals surface area contributed by atoms with Gasteiger partial charge in [-0.3, -0.25) is 4.57 Å². The minimum Gasteiger partial charge on any atom is -0.769 e. The van der Waals surface area contributed by atoms with E-state index in [4.69, 9.17) is 11.6 Å². The lowest BCUT2D eigenvalue weighted by Gasteiger charge is -2.19. The molecule has 0 saturated heterocycles. The van der Waals surface area contributed by atoms with Gasteiger partial charge < -0.3 is 9.42 Å². The second-order valence-electron chi connectivity index (χ2n) is 2.80. The van der Waals surface area contributed by atoms with E-state index in [-0.39, 0.29) is 5.75 Å². The number of rotatable bonds is 2. The first kappa shape index (κ1) is 10.6. The molecule has 1 atom stereocenters. The van der Waals surface area contributed by atoms with Crippen molar-refractivity contribution < 1.29 is 14.0 Å². The van der Waals surface area contributed by atoms with Gasteiger partial charge in [-0.1, -0.05) is 17.7 Å². The Kier molecular flexibility index (Phi) is 3.01. The van der Waals surface area contributed by atoms with E-state index in [0.717, 1.165) is 12.2 Å². The van der Waals surface area contributed by atoms with Crippen LogP contribution in [0.3, 0.4) is 0 Å². The summed E-state index contributed by atoms with van der Waals surface area (Å²) in [4.78, 5) is 10.8. The third-order valence-electron chi connectivity index (χ3n) is 1.35. The molecular weight excluding hydrogens is 211 g/mol. The fourth-order valence-corrected chi connectivity index (χ4v) is 1.58. The van der Waals surface area contributed by atoms with Crippen LogP contribution < -0.4 is 9.42 Å². The van der Waals surface area contributed by atoms with E-state index in [0.29, 0.717) is 5.02 Å². The van der Waals surface area contributed by atoms with Crippen LogP contribution in [0.4, 0.5) is 0 Å². The fraction of sp³-hybridized carbons (Fsp3) is 0.250. The maximum Gasteiger partial charge on any atom is 0.181 e. The molecule has 1 rings (SSSR count). The normalized spacial score (nSPS) is 15.1. The number of benzene rings is 1. The Bertz CT molecular complexity index is 358. The van der Waals surface area contributed by atoms with E-state index < -0.39 is 7.60 Å². The van der Waals surface area contributed by atoms with Gasteiger partial charge >= 0.3 is 0 Å². The van der Waals surface area contributed by atoms with Gasteiger partial charge in [0.05, 0.1) is 5.02 Å². The van der Waals surface area contributed by atoms with Crippen molar-refractivity contribution in [1.82, 2.24) is 0 Å². The van der Waals surface area contributed by atoms with Crippen LogP contribution >= 0.6 is 19.2 Å². The largest absolute Gasteiger partial charge is 0.769 e. The van der Waals surface area contributed by atoms with Crippen LogP contribution in [0.5, 0.6) is 5.75 Å². The van der Waals surface area contributed by atoms with Crippen molar-refractivity contribution in [3.8, 4) is 5.75 Å². The third kappa shape index (κ3) is 3.39. The molecule has 3 nitrogen and oxygen atoms in total. The van der Waals surface area contributed by atoms with Crippen molar-refractivity contribution in [2.24, 2.45) is 0 Å². The highest BCUT2D eigenvalue weighted by molar-refractivity contribution is 7.50. The summed E-state index contributed by atoms with van der Waals surface area (Å²) in [6.45, 7) is 2.83. The Morgan fingerprint density at radius 2 is 2.15 bits per heavy atom. The van der Waals surface area contributed by atoms with E-state index in [1.807, 2.05) is 6.92 Å². The molecule has 0 fully saturated rings. The quantitative estimate of drug-likeness (QED) is 0.717. The molecule has 72 valence electrons. The average Bonchev–Trinajstić information content (AvgIpc) is 1.94. The number of halogens is 1. The molecule has 0 N–H and O–H groups in total. The minimum atomic E-state index is -3.77. The summed E-state index contributed by atoms with van der Waals surface area (Å²) in [5, 5.41) is 0.295. The van der Waals surface area contributed by atoms with Gasteiger partial charge in [0.25, 0.3) is 0 Å². The Morgan fingerprint density at radius 3 is 2.69 bits per heavy atom. The fourth-order valence-electron chi connectivity index (χ4n) is 0.859. The van der Waals surface area contributed by atoms with Crippen molar-refractivity contribution >= 4 is 19.2 Å². The lowest BCUT2D eigenvalue weighted by molar-refractivity contribution is -0.188. The number of hydrogen-bond acceptors (Lipinski definition) is 3. The average molecular weight is 220 g/mol. The second-order valence-corrected chi connectivity index (χ2v) is 4.93. The highest BCUT2D eigenvalue weighted by Crippen LogP contribution is 2.38. The van der Waals surface area contributed by atoms with Crippen LogP contribution in [0.15, 0.2) is 18.2 Å². The van der Waals surface area contributed by atoms with Crippen LogP contribution in [0, 0.1) is 6.92 Å². The molecule has 1 aromatic rings. The van der Waals surface area contributed by atoms with E-state index in [1.165, 1.54) is 0 Å². The molecule has 13 heavy (non-hydrogen) atoms. The van der Waals surface area contributed by atoms with Crippen LogP contribution in [-0.2, 0) is 4.57 Å². The summed E-state index contributed by atoms with van der Waals surface area (Å²) in [6, 6.07) is 4.96. The Labute approximate surface area is 81.8 Å². The molecular formula is C8H9ClO3P-. The van der Waals surface area contributed by atoms with Crippen molar-refractivity contribution in [2.75, 3.05) is 6.66 Å². The van der Waals surface area contributed by atoms with Gasteiger partial charge in [-0.05, 0) is 24.6 Å². The Balaban J connectivity index is 3.01. The molecule has 1 aromatic carbocycles. The molecule has 0 heterocycles. The molecule has 0 aliphatic rings. The zero-order chi connectivity index (χ0) is 10.1. The zero-order valence-corrected chi connectivity index (χ0v) is 8.93. The molecule has 0 radical (unpaired) electrons. The van der Waals surface area contributed by atoms with Crippen LogP contribution in [0.2, 0.25) is 5.02 Å².